The first-order valence-electron chi connectivity index (χ1n) is 6.55. The lowest BCUT2D eigenvalue weighted by molar-refractivity contribution is -0.144. The molecule has 1 aliphatic carbocycles. The van der Waals surface area contributed by atoms with Gasteiger partial charge in [0, 0.05) is 32.1 Å². The first kappa shape index (κ1) is 11.4. The molecule has 0 spiro atoms. The Labute approximate surface area is 101 Å². The number of aliphatic hydroxyl groups excluding tert-OH is 1. The molecular weight excluding hydrogens is 220 g/mol. The van der Waals surface area contributed by atoms with E-state index in [0.717, 1.165) is 25.9 Å². The van der Waals surface area contributed by atoms with Crippen molar-refractivity contribution in [1.29, 1.82) is 0 Å². The zero-order valence-electron chi connectivity index (χ0n) is 9.97. The van der Waals surface area contributed by atoms with E-state index in [4.69, 9.17) is 4.74 Å². The summed E-state index contributed by atoms with van der Waals surface area (Å²) in [5.41, 5.74) is 0. The molecule has 5 heteroatoms. The highest BCUT2D eigenvalue weighted by molar-refractivity contribution is 5.81. The number of ether oxygens (including phenoxy) is 1. The first-order chi connectivity index (χ1) is 8.25. The minimum Gasteiger partial charge on any atom is -0.393 e. The van der Waals surface area contributed by atoms with Gasteiger partial charge in [-0.3, -0.25) is 4.79 Å². The molecule has 4 unspecified atom stereocenters. The van der Waals surface area contributed by atoms with E-state index in [1.165, 1.54) is 0 Å². The number of carbonyl (C=O) groups excluding carboxylic acids is 1. The number of hydrogen-bond acceptors (Lipinski definition) is 4. The lowest BCUT2D eigenvalue weighted by Gasteiger charge is -2.27. The van der Waals surface area contributed by atoms with Crippen molar-refractivity contribution in [3.8, 4) is 0 Å². The second-order valence-corrected chi connectivity index (χ2v) is 5.38. The molecule has 3 fully saturated rings. The minimum atomic E-state index is -0.320. The number of morpholine rings is 1. The van der Waals surface area contributed by atoms with Crippen molar-refractivity contribution in [3.05, 3.63) is 0 Å². The predicted molar refractivity (Wildman–Crippen MR) is 61.4 cm³/mol. The van der Waals surface area contributed by atoms with E-state index in [1.54, 1.807) is 0 Å². The van der Waals surface area contributed by atoms with Crippen molar-refractivity contribution in [1.82, 2.24) is 10.2 Å². The number of hydrogen-bond donors (Lipinski definition) is 2. The SMILES string of the molecule is O=C(C1CNCCO1)N1CC2CCC(O)C2C1. The second kappa shape index (κ2) is 4.55. The standard InChI is InChI=1S/C12H20N2O3/c15-10-2-1-8-6-14(7-9(8)10)12(16)11-5-13-3-4-17-11/h8-11,13,15H,1-7H2. The fraction of sp³-hybridized carbons (Fsp3) is 0.917. The lowest BCUT2D eigenvalue weighted by Crippen LogP contribution is -2.49. The molecule has 2 aliphatic heterocycles. The van der Waals surface area contributed by atoms with Gasteiger partial charge in [-0.05, 0) is 18.8 Å². The molecule has 3 aliphatic rings. The number of amides is 1. The number of rotatable bonds is 1. The highest BCUT2D eigenvalue weighted by Gasteiger charge is 2.44. The van der Waals surface area contributed by atoms with Gasteiger partial charge in [0.1, 0.15) is 6.10 Å². The summed E-state index contributed by atoms with van der Waals surface area (Å²) in [5, 5.41) is 13.0. The van der Waals surface area contributed by atoms with E-state index in [2.05, 4.69) is 5.32 Å². The average molecular weight is 240 g/mol. The van der Waals surface area contributed by atoms with Crippen LogP contribution in [-0.4, -0.2) is 60.9 Å². The molecule has 4 atom stereocenters. The van der Waals surface area contributed by atoms with Crippen LogP contribution in [0.15, 0.2) is 0 Å². The summed E-state index contributed by atoms with van der Waals surface area (Å²) < 4.78 is 5.48. The van der Waals surface area contributed by atoms with Crippen LogP contribution < -0.4 is 5.32 Å². The molecule has 1 saturated carbocycles. The van der Waals surface area contributed by atoms with Gasteiger partial charge in [-0.25, -0.2) is 0 Å². The summed E-state index contributed by atoms with van der Waals surface area (Å²) in [6.45, 7) is 3.58. The largest absolute Gasteiger partial charge is 0.393 e. The van der Waals surface area contributed by atoms with Gasteiger partial charge in [0.05, 0.1) is 12.7 Å². The Hall–Kier alpha value is -0.650. The molecule has 2 saturated heterocycles. The van der Waals surface area contributed by atoms with Crippen molar-refractivity contribution in [2.75, 3.05) is 32.8 Å². The highest BCUT2D eigenvalue weighted by Crippen LogP contribution is 2.38. The molecule has 5 nitrogen and oxygen atoms in total. The first-order valence-corrected chi connectivity index (χ1v) is 6.55. The molecule has 0 bridgehead atoms. The minimum absolute atomic E-state index is 0.0961. The van der Waals surface area contributed by atoms with Gasteiger partial charge in [-0.15, -0.1) is 0 Å². The van der Waals surface area contributed by atoms with Crippen molar-refractivity contribution < 1.29 is 14.6 Å². The smallest absolute Gasteiger partial charge is 0.253 e. The molecule has 3 rings (SSSR count). The summed E-state index contributed by atoms with van der Waals surface area (Å²) in [5.74, 6) is 0.903. The monoisotopic (exact) mass is 240 g/mol. The van der Waals surface area contributed by atoms with Crippen LogP contribution in [0.2, 0.25) is 0 Å². The maximum atomic E-state index is 12.2. The van der Waals surface area contributed by atoms with Crippen molar-refractivity contribution in [2.24, 2.45) is 11.8 Å². The van der Waals surface area contributed by atoms with Crippen LogP contribution in [0.5, 0.6) is 0 Å². The molecule has 17 heavy (non-hydrogen) atoms. The summed E-state index contributed by atoms with van der Waals surface area (Å²) in [6, 6.07) is 0. The molecule has 2 heterocycles. The van der Waals surface area contributed by atoms with E-state index in [1.807, 2.05) is 4.90 Å². The molecule has 0 radical (unpaired) electrons. The molecule has 0 aromatic rings. The van der Waals surface area contributed by atoms with Gasteiger partial charge < -0.3 is 20.1 Å². The molecule has 96 valence electrons. The molecule has 2 N–H and O–H groups in total. The van der Waals surface area contributed by atoms with Gasteiger partial charge in [-0.2, -0.15) is 0 Å². The van der Waals surface area contributed by atoms with E-state index in [9.17, 15) is 9.90 Å². The van der Waals surface area contributed by atoms with E-state index >= 15 is 0 Å². The fourth-order valence-corrected chi connectivity index (χ4v) is 3.34. The number of likely N-dealkylation sites (tertiary alicyclic amines) is 1. The quantitative estimate of drug-likeness (QED) is 0.630. The van der Waals surface area contributed by atoms with Gasteiger partial charge >= 0.3 is 0 Å². The van der Waals surface area contributed by atoms with E-state index in [0.29, 0.717) is 31.5 Å². The number of nitrogens with one attached hydrogen (secondary N) is 1. The van der Waals surface area contributed by atoms with Crippen LogP contribution >= 0.6 is 0 Å². The Kier molecular flexibility index (Phi) is 3.06. The normalized spacial score (nSPS) is 41.6. The number of nitrogens with zero attached hydrogens (tertiary/aromatic N) is 1. The van der Waals surface area contributed by atoms with Crippen LogP contribution in [0.25, 0.3) is 0 Å². The Bertz CT molecular complexity index is 304. The predicted octanol–water partition coefficient (Wildman–Crippen LogP) is -0.796. The summed E-state index contributed by atoms with van der Waals surface area (Å²) in [4.78, 5) is 14.1. The van der Waals surface area contributed by atoms with E-state index < -0.39 is 0 Å². The highest BCUT2D eigenvalue weighted by atomic mass is 16.5. The number of fused-ring (bicyclic) bond motifs is 1. The molecule has 1 amide bonds. The van der Waals surface area contributed by atoms with Gasteiger partial charge in [-0.1, -0.05) is 0 Å². The Morgan fingerprint density at radius 2 is 2.24 bits per heavy atom. The zero-order chi connectivity index (χ0) is 11.8. The third kappa shape index (κ3) is 2.07. The average Bonchev–Trinajstić information content (AvgIpc) is 2.92. The summed E-state index contributed by atoms with van der Waals surface area (Å²) in [7, 11) is 0. The zero-order valence-corrected chi connectivity index (χ0v) is 9.97. The van der Waals surface area contributed by atoms with Crippen molar-refractivity contribution in [2.45, 2.75) is 25.0 Å². The van der Waals surface area contributed by atoms with Crippen molar-refractivity contribution in [3.63, 3.8) is 0 Å². The topological polar surface area (TPSA) is 61.8 Å². The van der Waals surface area contributed by atoms with Crippen LogP contribution in [0.3, 0.4) is 0 Å². The number of aliphatic hydroxyl groups is 1. The maximum absolute atomic E-state index is 12.2. The van der Waals surface area contributed by atoms with Crippen LogP contribution in [0.1, 0.15) is 12.8 Å². The maximum Gasteiger partial charge on any atom is 0.253 e. The fourth-order valence-electron chi connectivity index (χ4n) is 3.34. The van der Waals surface area contributed by atoms with Crippen LogP contribution in [0, 0.1) is 11.8 Å². The van der Waals surface area contributed by atoms with Gasteiger partial charge in [0.15, 0.2) is 0 Å². The second-order valence-electron chi connectivity index (χ2n) is 5.38. The number of carbonyl (C=O) groups is 1. The third-order valence-corrected chi connectivity index (χ3v) is 4.33. The Morgan fingerprint density at radius 3 is 2.94 bits per heavy atom. The van der Waals surface area contributed by atoms with Crippen molar-refractivity contribution >= 4 is 5.91 Å². The molecule has 0 aromatic carbocycles. The van der Waals surface area contributed by atoms with Crippen LogP contribution in [-0.2, 0) is 9.53 Å². The third-order valence-electron chi connectivity index (χ3n) is 4.33. The van der Waals surface area contributed by atoms with Gasteiger partial charge in [0.25, 0.3) is 5.91 Å². The Balaban J connectivity index is 1.60. The Morgan fingerprint density at radius 1 is 1.35 bits per heavy atom. The van der Waals surface area contributed by atoms with Crippen LogP contribution in [0.4, 0.5) is 0 Å². The molecule has 0 aromatic heterocycles. The summed E-state index contributed by atoms with van der Waals surface area (Å²) >= 11 is 0. The van der Waals surface area contributed by atoms with E-state index in [-0.39, 0.29) is 18.1 Å². The van der Waals surface area contributed by atoms with Gasteiger partial charge in [0.2, 0.25) is 0 Å². The lowest BCUT2D eigenvalue weighted by atomic mass is 10.00. The summed E-state index contributed by atoms with van der Waals surface area (Å²) in [6.07, 6.45) is 1.43. The molecular formula is C12H20N2O3.